The van der Waals surface area contributed by atoms with Gasteiger partial charge in [0, 0.05) is 29.9 Å². The summed E-state index contributed by atoms with van der Waals surface area (Å²) >= 11 is 0. The molecule has 0 spiro atoms. The average Bonchev–Trinajstić information content (AvgIpc) is 2.80. The van der Waals surface area contributed by atoms with Crippen LogP contribution in [0.3, 0.4) is 0 Å². The van der Waals surface area contributed by atoms with Crippen LogP contribution in [0.2, 0.25) is 0 Å². The van der Waals surface area contributed by atoms with E-state index in [9.17, 15) is 0 Å². The van der Waals surface area contributed by atoms with Crippen molar-refractivity contribution in [2.75, 3.05) is 6.54 Å². The van der Waals surface area contributed by atoms with E-state index in [0.29, 0.717) is 13.1 Å². The summed E-state index contributed by atoms with van der Waals surface area (Å²) in [6, 6.07) is 12.1. The van der Waals surface area contributed by atoms with E-state index in [0.717, 1.165) is 22.2 Å². The molecule has 0 radical (unpaired) electrons. The van der Waals surface area contributed by atoms with E-state index < -0.39 is 0 Å². The number of benzene rings is 1. The smallest absolute Gasteiger partial charge is 0.102 e. The number of nitrogens with two attached hydrogens (primary N) is 1. The molecule has 0 saturated carbocycles. The van der Waals surface area contributed by atoms with Crippen molar-refractivity contribution in [1.29, 1.82) is 0 Å². The number of hydrogen-bond acceptors (Lipinski definition) is 3. The van der Waals surface area contributed by atoms with Gasteiger partial charge in [-0.25, -0.2) is 0 Å². The zero-order chi connectivity index (χ0) is 12.4. The molecule has 0 fully saturated rings. The van der Waals surface area contributed by atoms with Crippen LogP contribution in [0.25, 0.3) is 22.2 Å². The van der Waals surface area contributed by atoms with Crippen LogP contribution < -0.4 is 5.73 Å². The molecule has 18 heavy (non-hydrogen) atoms. The Balaban J connectivity index is 2.24. The molecule has 3 aromatic rings. The van der Waals surface area contributed by atoms with Crippen molar-refractivity contribution >= 4 is 10.9 Å². The number of aromatic nitrogens is 3. The lowest BCUT2D eigenvalue weighted by Gasteiger charge is -1.98. The molecule has 0 amide bonds. The van der Waals surface area contributed by atoms with Gasteiger partial charge in [0.15, 0.2) is 0 Å². The van der Waals surface area contributed by atoms with Crippen molar-refractivity contribution in [3.8, 4) is 11.3 Å². The van der Waals surface area contributed by atoms with Gasteiger partial charge in [0.2, 0.25) is 0 Å². The van der Waals surface area contributed by atoms with Crippen molar-refractivity contribution in [1.82, 2.24) is 14.8 Å². The lowest BCUT2D eigenvalue weighted by atomic mass is 10.1. The average molecular weight is 238 g/mol. The highest BCUT2D eigenvalue weighted by molar-refractivity contribution is 5.92. The molecular weight excluding hydrogens is 224 g/mol. The molecule has 0 atom stereocenters. The first kappa shape index (κ1) is 10.9. The highest BCUT2D eigenvalue weighted by Gasteiger charge is 2.11. The lowest BCUT2D eigenvalue weighted by molar-refractivity contribution is 0.648. The monoisotopic (exact) mass is 238 g/mol. The fourth-order valence-electron chi connectivity index (χ4n) is 2.13. The van der Waals surface area contributed by atoms with Gasteiger partial charge in [-0.05, 0) is 6.07 Å². The highest BCUT2D eigenvalue weighted by Crippen LogP contribution is 2.26. The first-order valence-electron chi connectivity index (χ1n) is 5.96. The van der Waals surface area contributed by atoms with Crippen LogP contribution in [0.5, 0.6) is 0 Å². The van der Waals surface area contributed by atoms with Crippen LogP contribution in [-0.4, -0.2) is 21.3 Å². The summed E-state index contributed by atoms with van der Waals surface area (Å²) in [5.74, 6) is 0. The van der Waals surface area contributed by atoms with E-state index >= 15 is 0 Å². The number of pyridine rings is 1. The molecule has 1 aromatic carbocycles. The van der Waals surface area contributed by atoms with Crippen LogP contribution in [0.4, 0.5) is 0 Å². The van der Waals surface area contributed by atoms with Crippen LogP contribution in [0, 0.1) is 0 Å². The van der Waals surface area contributed by atoms with Crippen LogP contribution in [0.15, 0.2) is 48.8 Å². The first-order valence-corrected chi connectivity index (χ1v) is 5.96. The maximum atomic E-state index is 5.62. The molecular formula is C14H14N4. The van der Waals surface area contributed by atoms with Gasteiger partial charge in [0.1, 0.15) is 5.69 Å². The topological polar surface area (TPSA) is 56.7 Å². The van der Waals surface area contributed by atoms with E-state index in [4.69, 9.17) is 5.73 Å². The molecule has 4 heteroatoms. The maximum absolute atomic E-state index is 5.62. The number of rotatable bonds is 3. The molecule has 0 bridgehead atoms. The van der Waals surface area contributed by atoms with Gasteiger partial charge >= 0.3 is 0 Å². The van der Waals surface area contributed by atoms with E-state index in [-0.39, 0.29) is 0 Å². The Bertz CT molecular complexity index is 658. The molecule has 0 unspecified atom stereocenters. The van der Waals surface area contributed by atoms with Crippen molar-refractivity contribution in [3.63, 3.8) is 0 Å². The molecule has 0 saturated heterocycles. The van der Waals surface area contributed by atoms with Gasteiger partial charge in [-0.1, -0.05) is 30.3 Å². The molecule has 0 aliphatic rings. The van der Waals surface area contributed by atoms with E-state index in [1.54, 1.807) is 6.20 Å². The van der Waals surface area contributed by atoms with E-state index in [2.05, 4.69) is 22.2 Å². The molecule has 3 rings (SSSR count). The van der Waals surface area contributed by atoms with Gasteiger partial charge in [-0.15, -0.1) is 0 Å². The summed E-state index contributed by atoms with van der Waals surface area (Å²) in [5.41, 5.74) is 8.77. The Kier molecular flexibility index (Phi) is 2.78. The minimum absolute atomic E-state index is 0.577. The van der Waals surface area contributed by atoms with Crippen LogP contribution in [-0.2, 0) is 6.54 Å². The molecule has 4 nitrogen and oxygen atoms in total. The second-order valence-electron chi connectivity index (χ2n) is 4.12. The van der Waals surface area contributed by atoms with Crippen molar-refractivity contribution in [3.05, 3.63) is 48.8 Å². The quantitative estimate of drug-likeness (QED) is 0.759. The standard InChI is InChI=1S/C14H14N4/c15-7-9-18-13-6-8-16-10-12(13)14(17-18)11-4-2-1-3-5-11/h1-6,8,10H,7,9,15H2. The fourth-order valence-corrected chi connectivity index (χ4v) is 2.13. The second kappa shape index (κ2) is 4.58. The molecule has 90 valence electrons. The third-order valence-corrected chi connectivity index (χ3v) is 2.94. The van der Waals surface area contributed by atoms with Crippen LogP contribution >= 0.6 is 0 Å². The minimum atomic E-state index is 0.577. The molecule has 2 N–H and O–H groups in total. The summed E-state index contributed by atoms with van der Waals surface area (Å²) in [5, 5.41) is 5.71. The van der Waals surface area contributed by atoms with Crippen molar-refractivity contribution in [2.24, 2.45) is 5.73 Å². The van der Waals surface area contributed by atoms with E-state index in [1.165, 1.54) is 0 Å². The minimum Gasteiger partial charge on any atom is -0.329 e. The number of hydrogen-bond donors (Lipinski definition) is 1. The van der Waals surface area contributed by atoms with Gasteiger partial charge < -0.3 is 5.73 Å². The largest absolute Gasteiger partial charge is 0.329 e. The van der Waals surface area contributed by atoms with Gasteiger partial charge in [0.05, 0.1) is 12.1 Å². The predicted molar refractivity (Wildman–Crippen MR) is 72.0 cm³/mol. The molecule has 2 heterocycles. The summed E-state index contributed by atoms with van der Waals surface area (Å²) in [6.45, 7) is 1.29. The van der Waals surface area contributed by atoms with Gasteiger partial charge in [-0.2, -0.15) is 5.10 Å². The Morgan fingerprint density at radius 3 is 2.72 bits per heavy atom. The first-order chi connectivity index (χ1) is 8.90. The lowest BCUT2D eigenvalue weighted by Crippen LogP contribution is -2.10. The van der Waals surface area contributed by atoms with Gasteiger partial charge in [-0.3, -0.25) is 9.67 Å². The summed E-state index contributed by atoms with van der Waals surface area (Å²) in [7, 11) is 0. The van der Waals surface area contributed by atoms with Gasteiger partial charge in [0.25, 0.3) is 0 Å². The predicted octanol–water partition coefficient (Wildman–Crippen LogP) is 2.06. The number of fused-ring (bicyclic) bond motifs is 1. The summed E-state index contributed by atoms with van der Waals surface area (Å²) in [6.07, 6.45) is 3.64. The Hall–Kier alpha value is -2.20. The summed E-state index contributed by atoms with van der Waals surface area (Å²) in [4.78, 5) is 4.19. The van der Waals surface area contributed by atoms with Crippen LogP contribution in [0.1, 0.15) is 0 Å². The number of nitrogens with zero attached hydrogens (tertiary/aromatic N) is 3. The molecule has 2 aromatic heterocycles. The Labute approximate surface area is 105 Å². The fraction of sp³-hybridized carbons (Fsp3) is 0.143. The highest BCUT2D eigenvalue weighted by atomic mass is 15.3. The maximum Gasteiger partial charge on any atom is 0.102 e. The zero-order valence-electron chi connectivity index (χ0n) is 9.95. The third-order valence-electron chi connectivity index (χ3n) is 2.94. The zero-order valence-corrected chi connectivity index (χ0v) is 9.95. The molecule has 0 aliphatic carbocycles. The normalized spacial score (nSPS) is 10.9. The Morgan fingerprint density at radius 1 is 1.11 bits per heavy atom. The molecule has 0 aliphatic heterocycles. The van der Waals surface area contributed by atoms with Crippen molar-refractivity contribution in [2.45, 2.75) is 6.54 Å². The Morgan fingerprint density at radius 2 is 1.94 bits per heavy atom. The van der Waals surface area contributed by atoms with Crippen molar-refractivity contribution < 1.29 is 0 Å². The third kappa shape index (κ3) is 1.76. The SMILES string of the molecule is NCCn1nc(-c2ccccc2)c2cnccc21. The second-order valence-corrected chi connectivity index (χ2v) is 4.12. The van der Waals surface area contributed by atoms with E-state index in [1.807, 2.05) is 35.1 Å². The summed E-state index contributed by atoms with van der Waals surface area (Å²) < 4.78 is 1.94.